The minimum absolute atomic E-state index is 0.293. The number of carbonyl (C=O) groups is 1. The second-order valence-corrected chi connectivity index (χ2v) is 10.9. The average Bonchev–Trinajstić information content (AvgIpc) is 3.47. The molecule has 2 heterocycles. The second kappa shape index (κ2) is 11.5. The molecule has 4 aromatic rings. The van der Waals surface area contributed by atoms with Gasteiger partial charge in [0, 0.05) is 59.1 Å². The van der Waals surface area contributed by atoms with Gasteiger partial charge in [-0.25, -0.2) is 9.37 Å². The molecule has 8 heteroatoms. The fourth-order valence-corrected chi connectivity index (χ4v) is 5.65. The van der Waals surface area contributed by atoms with Gasteiger partial charge in [0.05, 0.1) is 0 Å². The quantitative estimate of drug-likeness (QED) is 0.255. The van der Waals surface area contributed by atoms with Crippen molar-refractivity contribution >= 4 is 34.0 Å². The van der Waals surface area contributed by atoms with Gasteiger partial charge in [0.2, 0.25) is 11.8 Å². The Kier molecular flexibility index (Phi) is 7.49. The summed E-state index contributed by atoms with van der Waals surface area (Å²) < 4.78 is 20.8. The molecule has 7 nitrogen and oxygen atoms in total. The maximum absolute atomic E-state index is 14.6. The highest BCUT2D eigenvalue weighted by molar-refractivity contribution is 6.10. The monoisotopic (exact) mass is 539 g/mol. The third-order valence-electron chi connectivity index (χ3n) is 7.96. The van der Waals surface area contributed by atoms with Gasteiger partial charge in [0.1, 0.15) is 11.6 Å². The van der Waals surface area contributed by atoms with Gasteiger partial charge in [0.15, 0.2) is 0 Å². The van der Waals surface area contributed by atoms with Crippen molar-refractivity contribution in [3.8, 4) is 11.6 Å². The van der Waals surface area contributed by atoms with Crippen LogP contribution in [0.15, 0.2) is 66.9 Å². The lowest BCUT2D eigenvalue weighted by atomic mass is 9.98. The number of halogens is 1. The number of benzene rings is 3. The van der Waals surface area contributed by atoms with Gasteiger partial charge >= 0.3 is 0 Å². The van der Waals surface area contributed by atoms with E-state index in [0.29, 0.717) is 40.8 Å². The molecule has 0 radical (unpaired) electrons. The largest absolute Gasteiger partial charge is 0.438 e. The minimum atomic E-state index is -0.415. The predicted molar refractivity (Wildman–Crippen MR) is 157 cm³/mol. The topological polar surface area (TPSA) is 79.4 Å². The molecule has 40 heavy (non-hydrogen) atoms. The Balaban J connectivity index is 1.22. The molecule has 2 fully saturated rings. The summed E-state index contributed by atoms with van der Waals surface area (Å²) in [7, 11) is 0. The highest BCUT2D eigenvalue weighted by Crippen LogP contribution is 2.35. The SMILES string of the molecule is CC1CCN(c2cc(F)cc(C(=O)Nc3ccc(Oc4ccnc(NC5CCCC5)n4)c4ccccc34)c2)CC1. The molecule has 206 valence electrons. The number of hydrogen-bond donors (Lipinski definition) is 2. The van der Waals surface area contributed by atoms with Crippen LogP contribution in [0, 0.1) is 11.7 Å². The number of carbonyl (C=O) groups excluding carboxylic acids is 1. The molecule has 1 saturated heterocycles. The van der Waals surface area contributed by atoms with Crippen LogP contribution in [-0.2, 0) is 0 Å². The van der Waals surface area contributed by atoms with Gasteiger partial charge in [-0.2, -0.15) is 4.98 Å². The van der Waals surface area contributed by atoms with Crippen molar-refractivity contribution in [1.82, 2.24) is 9.97 Å². The second-order valence-electron chi connectivity index (χ2n) is 10.9. The third-order valence-corrected chi connectivity index (χ3v) is 7.96. The first-order valence-corrected chi connectivity index (χ1v) is 14.2. The first-order chi connectivity index (χ1) is 19.5. The van der Waals surface area contributed by atoms with Crippen LogP contribution in [0.5, 0.6) is 11.6 Å². The normalized spacial score (nSPS) is 16.3. The summed E-state index contributed by atoms with van der Waals surface area (Å²) in [4.78, 5) is 24.4. The van der Waals surface area contributed by atoms with Gasteiger partial charge in [-0.15, -0.1) is 0 Å². The molecule has 2 N–H and O–H groups in total. The number of rotatable bonds is 7. The highest BCUT2D eigenvalue weighted by Gasteiger charge is 2.20. The predicted octanol–water partition coefficient (Wildman–Crippen LogP) is 7.40. The summed E-state index contributed by atoms with van der Waals surface area (Å²) in [5.41, 5.74) is 1.66. The summed E-state index contributed by atoms with van der Waals surface area (Å²) in [6.45, 7) is 3.96. The Bertz CT molecular complexity index is 1510. The van der Waals surface area contributed by atoms with Crippen LogP contribution < -0.4 is 20.3 Å². The number of ether oxygens (including phenoxy) is 1. The fraction of sp³-hybridized carbons (Fsp3) is 0.344. The van der Waals surface area contributed by atoms with Crippen molar-refractivity contribution in [3.05, 3.63) is 78.2 Å². The first kappa shape index (κ1) is 26.0. The van der Waals surface area contributed by atoms with E-state index in [1.807, 2.05) is 30.3 Å². The molecular weight excluding hydrogens is 505 g/mol. The van der Waals surface area contributed by atoms with Crippen molar-refractivity contribution in [2.75, 3.05) is 28.6 Å². The number of amides is 1. The molecule has 1 aromatic heterocycles. The zero-order chi connectivity index (χ0) is 27.5. The molecule has 0 atom stereocenters. The Labute approximate surface area is 233 Å². The Morgan fingerprint density at radius 3 is 2.55 bits per heavy atom. The maximum Gasteiger partial charge on any atom is 0.255 e. The van der Waals surface area contributed by atoms with Gasteiger partial charge in [0.25, 0.3) is 5.91 Å². The van der Waals surface area contributed by atoms with Gasteiger partial charge in [-0.05, 0) is 61.9 Å². The van der Waals surface area contributed by atoms with Gasteiger partial charge < -0.3 is 20.3 Å². The van der Waals surface area contributed by atoms with E-state index < -0.39 is 5.82 Å². The fourth-order valence-electron chi connectivity index (χ4n) is 5.65. The Morgan fingerprint density at radius 2 is 1.75 bits per heavy atom. The van der Waals surface area contributed by atoms with Crippen molar-refractivity contribution in [2.24, 2.45) is 5.92 Å². The lowest BCUT2D eigenvalue weighted by Crippen LogP contribution is -2.33. The van der Waals surface area contributed by atoms with E-state index in [2.05, 4.69) is 32.4 Å². The smallest absolute Gasteiger partial charge is 0.255 e. The molecule has 0 spiro atoms. The Morgan fingerprint density at radius 1 is 0.975 bits per heavy atom. The molecule has 1 saturated carbocycles. The van der Waals surface area contributed by atoms with Crippen LogP contribution in [0.25, 0.3) is 10.8 Å². The van der Waals surface area contributed by atoms with E-state index >= 15 is 0 Å². The molecule has 3 aromatic carbocycles. The van der Waals surface area contributed by atoms with Crippen LogP contribution in [0.4, 0.5) is 21.7 Å². The molecular formula is C32H34FN5O2. The average molecular weight is 540 g/mol. The zero-order valence-corrected chi connectivity index (χ0v) is 22.7. The van der Waals surface area contributed by atoms with E-state index in [0.717, 1.165) is 55.2 Å². The molecule has 0 unspecified atom stereocenters. The van der Waals surface area contributed by atoms with E-state index in [1.54, 1.807) is 24.4 Å². The molecule has 1 aliphatic heterocycles. The van der Waals surface area contributed by atoms with E-state index in [9.17, 15) is 9.18 Å². The summed E-state index contributed by atoms with van der Waals surface area (Å²) in [5, 5.41) is 8.03. The van der Waals surface area contributed by atoms with E-state index in [1.165, 1.54) is 25.0 Å². The first-order valence-electron chi connectivity index (χ1n) is 14.2. The van der Waals surface area contributed by atoms with E-state index in [4.69, 9.17) is 4.74 Å². The number of nitrogens with zero attached hydrogens (tertiary/aromatic N) is 3. The van der Waals surface area contributed by atoms with Crippen LogP contribution in [0.3, 0.4) is 0 Å². The molecule has 1 aliphatic carbocycles. The van der Waals surface area contributed by atoms with E-state index in [-0.39, 0.29) is 5.91 Å². The summed E-state index contributed by atoms with van der Waals surface area (Å²) in [5.74, 6) is 1.51. The molecule has 0 bridgehead atoms. The number of anilines is 3. The van der Waals surface area contributed by atoms with Crippen LogP contribution in [0.2, 0.25) is 0 Å². The van der Waals surface area contributed by atoms with Crippen molar-refractivity contribution in [2.45, 2.75) is 51.5 Å². The van der Waals surface area contributed by atoms with Crippen LogP contribution >= 0.6 is 0 Å². The lowest BCUT2D eigenvalue weighted by molar-refractivity contribution is 0.102. The summed E-state index contributed by atoms with van der Waals surface area (Å²) >= 11 is 0. The number of piperidine rings is 1. The highest BCUT2D eigenvalue weighted by atomic mass is 19.1. The molecule has 1 amide bonds. The minimum Gasteiger partial charge on any atom is -0.438 e. The number of nitrogens with one attached hydrogen (secondary N) is 2. The number of aromatic nitrogens is 2. The standard InChI is InChI=1S/C32H34FN5O2/c1-21-13-16-38(17-14-21)25-19-22(18-23(33)20-25)31(39)36-28-10-11-29(27-9-5-4-8-26(27)28)40-30-12-15-34-32(37-30)35-24-6-2-3-7-24/h4-5,8-12,15,18-21,24H,2-3,6-7,13-14,16-17H2,1H3,(H,36,39)(H,34,35,37). The molecule has 6 rings (SSSR count). The molecule has 2 aliphatic rings. The maximum atomic E-state index is 14.6. The van der Waals surface area contributed by atoms with Crippen LogP contribution in [0.1, 0.15) is 55.8 Å². The van der Waals surface area contributed by atoms with Gasteiger partial charge in [-0.1, -0.05) is 44.0 Å². The van der Waals surface area contributed by atoms with Crippen molar-refractivity contribution in [3.63, 3.8) is 0 Å². The van der Waals surface area contributed by atoms with Crippen molar-refractivity contribution < 1.29 is 13.9 Å². The Hall–Kier alpha value is -4.20. The lowest BCUT2D eigenvalue weighted by Gasteiger charge is -2.32. The summed E-state index contributed by atoms with van der Waals surface area (Å²) in [6, 6.07) is 18.0. The van der Waals surface area contributed by atoms with Crippen molar-refractivity contribution in [1.29, 1.82) is 0 Å². The third kappa shape index (κ3) is 5.86. The number of fused-ring (bicyclic) bond motifs is 1. The van der Waals surface area contributed by atoms with Gasteiger partial charge in [-0.3, -0.25) is 4.79 Å². The zero-order valence-electron chi connectivity index (χ0n) is 22.7. The van der Waals surface area contributed by atoms with Crippen LogP contribution in [-0.4, -0.2) is 35.0 Å². The summed E-state index contributed by atoms with van der Waals surface area (Å²) in [6.07, 6.45) is 8.51. The number of hydrogen-bond acceptors (Lipinski definition) is 6.